The fraction of sp³-hybridized carbons (Fsp3) is 0.357. The van der Waals surface area contributed by atoms with Gasteiger partial charge in [-0.15, -0.1) is 6.58 Å². The van der Waals surface area contributed by atoms with Crippen molar-refractivity contribution in [3.05, 3.63) is 42.7 Å². The number of benzene rings is 1. The number of aromatic amines is 1. The van der Waals surface area contributed by atoms with Gasteiger partial charge in [-0.2, -0.15) is 0 Å². The molecule has 1 fully saturated rings. The van der Waals surface area contributed by atoms with Gasteiger partial charge in [0.1, 0.15) is 5.82 Å². The second kappa shape index (κ2) is 4.92. The van der Waals surface area contributed by atoms with Crippen LogP contribution in [0.25, 0.3) is 11.0 Å². The monoisotopic (exact) mass is 242 g/mol. The molecule has 2 aromatic rings. The van der Waals surface area contributed by atoms with E-state index >= 15 is 0 Å². The zero-order valence-electron chi connectivity index (χ0n) is 10.4. The van der Waals surface area contributed by atoms with Crippen LogP contribution in [0, 0.1) is 0 Å². The van der Waals surface area contributed by atoms with Gasteiger partial charge >= 0.3 is 0 Å². The van der Waals surface area contributed by atoms with Crippen molar-refractivity contribution in [2.75, 3.05) is 26.2 Å². The number of H-pyrrole nitrogens is 1. The van der Waals surface area contributed by atoms with Gasteiger partial charge in [0.2, 0.25) is 0 Å². The maximum Gasteiger partial charge on any atom is 0.125 e. The first kappa shape index (κ1) is 11.4. The minimum absolute atomic E-state index is 0.283. The molecule has 0 bridgehead atoms. The first-order valence-electron chi connectivity index (χ1n) is 6.38. The largest absolute Gasteiger partial charge is 0.341 e. The molecule has 1 saturated heterocycles. The zero-order valence-corrected chi connectivity index (χ0v) is 10.4. The molecule has 4 nitrogen and oxygen atoms in total. The quantitative estimate of drug-likeness (QED) is 0.805. The van der Waals surface area contributed by atoms with Gasteiger partial charge in [-0.3, -0.25) is 4.90 Å². The van der Waals surface area contributed by atoms with Gasteiger partial charge in [0.15, 0.2) is 0 Å². The lowest BCUT2D eigenvalue weighted by atomic mass is 10.2. The van der Waals surface area contributed by atoms with Crippen LogP contribution in [0.4, 0.5) is 0 Å². The number of para-hydroxylation sites is 2. The summed E-state index contributed by atoms with van der Waals surface area (Å²) in [5, 5.41) is 3.52. The number of aromatic nitrogens is 2. The van der Waals surface area contributed by atoms with Gasteiger partial charge in [-0.25, -0.2) is 4.98 Å². The third kappa shape index (κ3) is 2.17. The van der Waals surface area contributed by atoms with Crippen molar-refractivity contribution in [2.24, 2.45) is 0 Å². The fourth-order valence-corrected chi connectivity index (χ4v) is 2.48. The van der Waals surface area contributed by atoms with E-state index in [2.05, 4.69) is 32.8 Å². The average Bonchev–Trinajstić information content (AvgIpc) is 2.83. The van der Waals surface area contributed by atoms with Gasteiger partial charge in [-0.1, -0.05) is 18.2 Å². The van der Waals surface area contributed by atoms with Gasteiger partial charge in [0.05, 0.1) is 17.1 Å². The second-order valence-corrected chi connectivity index (χ2v) is 4.69. The highest BCUT2D eigenvalue weighted by atomic mass is 15.2. The normalized spacial score (nSPS) is 21.2. The van der Waals surface area contributed by atoms with Gasteiger partial charge in [-0.05, 0) is 12.1 Å². The molecule has 2 heterocycles. The number of nitrogens with one attached hydrogen (secondary N) is 2. The molecule has 1 aliphatic rings. The molecular formula is C14H18N4. The standard InChI is InChI=1S/C14H18N4/c1-2-8-18-9-7-15-13(10-18)14-16-11-5-3-4-6-12(11)17-14/h2-6,13,15H,1,7-10H2,(H,16,17). The third-order valence-electron chi connectivity index (χ3n) is 3.38. The average molecular weight is 242 g/mol. The third-order valence-corrected chi connectivity index (χ3v) is 3.38. The summed E-state index contributed by atoms with van der Waals surface area (Å²) < 4.78 is 0. The number of fused-ring (bicyclic) bond motifs is 1. The highest BCUT2D eigenvalue weighted by molar-refractivity contribution is 5.74. The molecule has 4 heteroatoms. The summed E-state index contributed by atoms with van der Waals surface area (Å²) in [5.41, 5.74) is 2.14. The topological polar surface area (TPSA) is 44.0 Å². The zero-order chi connectivity index (χ0) is 12.4. The maximum atomic E-state index is 4.66. The molecule has 1 atom stereocenters. The van der Waals surface area contributed by atoms with E-state index < -0.39 is 0 Å². The van der Waals surface area contributed by atoms with E-state index in [1.807, 2.05) is 24.3 Å². The van der Waals surface area contributed by atoms with Crippen molar-refractivity contribution in [3.8, 4) is 0 Å². The molecule has 0 radical (unpaired) electrons. The van der Waals surface area contributed by atoms with Crippen molar-refractivity contribution in [1.82, 2.24) is 20.2 Å². The smallest absolute Gasteiger partial charge is 0.125 e. The van der Waals surface area contributed by atoms with Crippen molar-refractivity contribution < 1.29 is 0 Å². The molecule has 0 aliphatic carbocycles. The minimum Gasteiger partial charge on any atom is -0.341 e. The van der Waals surface area contributed by atoms with Crippen LogP contribution in [0.2, 0.25) is 0 Å². The first-order chi connectivity index (χ1) is 8.86. The predicted octanol–water partition coefficient (Wildman–Crippen LogP) is 1.70. The van der Waals surface area contributed by atoms with E-state index in [9.17, 15) is 0 Å². The number of hydrogen-bond acceptors (Lipinski definition) is 3. The summed E-state index contributed by atoms with van der Waals surface area (Å²) in [5.74, 6) is 1.03. The number of hydrogen-bond donors (Lipinski definition) is 2. The first-order valence-corrected chi connectivity index (χ1v) is 6.38. The molecule has 1 unspecified atom stereocenters. The van der Waals surface area contributed by atoms with Crippen molar-refractivity contribution in [2.45, 2.75) is 6.04 Å². The van der Waals surface area contributed by atoms with Gasteiger partial charge in [0.25, 0.3) is 0 Å². The van der Waals surface area contributed by atoms with E-state index in [4.69, 9.17) is 0 Å². The summed E-state index contributed by atoms with van der Waals surface area (Å²) in [4.78, 5) is 10.5. The Morgan fingerprint density at radius 2 is 2.33 bits per heavy atom. The second-order valence-electron chi connectivity index (χ2n) is 4.69. The Morgan fingerprint density at radius 3 is 3.17 bits per heavy atom. The van der Waals surface area contributed by atoms with E-state index in [0.29, 0.717) is 0 Å². The molecule has 1 aromatic heterocycles. The Hall–Kier alpha value is -1.65. The molecule has 0 saturated carbocycles. The van der Waals surface area contributed by atoms with Crippen LogP contribution in [0.1, 0.15) is 11.9 Å². The van der Waals surface area contributed by atoms with Crippen molar-refractivity contribution in [3.63, 3.8) is 0 Å². The van der Waals surface area contributed by atoms with E-state index in [-0.39, 0.29) is 6.04 Å². The highest BCUT2D eigenvalue weighted by Gasteiger charge is 2.22. The van der Waals surface area contributed by atoms with E-state index in [0.717, 1.165) is 43.0 Å². The van der Waals surface area contributed by atoms with Crippen molar-refractivity contribution in [1.29, 1.82) is 0 Å². The van der Waals surface area contributed by atoms with Crippen LogP contribution in [-0.4, -0.2) is 41.0 Å². The van der Waals surface area contributed by atoms with E-state index in [1.54, 1.807) is 0 Å². The Morgan fingerprint density at radius 1 is 1.44 bits per heavy atom. The van der Waals surface area contributed by atoms with Crippen LogP contribution in [0.5, 0.6) is 0 Å². The summed E-state index contributed by atoms with van der Waals surface area (Å²) in [6.07, 6.45) is 1.96. The predicted molar refractivity (Wildman–Crippen MR) is 73.5 cm³/mol. The summed E-state index contributed by atoms with van der Waals surface area (Å²) in [6, 6.07) is 8.44. The fourth-order valence-electron chi connectivity index (χ4n) is 2.48. The molecular weight excluding hydrogens is 224 g/mol. The SMILES string of the molecule is C=CCN1CCNC(c2nc3ccccc3[nH]2)C1. The van der Waals surface area contributed by atoms with E-state index in [1.165, 1.54) is 0 Å². The molecule has 2 N–H and O–H groups in total. The Kier molecular flexibility index (Phi) is 3.13. The van der Waals surface area contributed by atoms with Crippen LogP contribution >= 0.6 is 0 Å². The van der Waals surface area contributed by atoms with Crippen LogP contribution in [-0.2, 0) is 0 Å². The Labute approximate surface area is 107 Å². The van der Waals surface area contributed by atoms with Gasteiger partial charge < -0.3 is 10.3 Å². The van der Waals surface area contributed by atoms with Crippen molar-refractivity contribution >= 4 is 11.0 Å². The van der Waals surface area contributed by atoms with Gasteiger partial charge in [0, 0.05) is 26.2 Å². The number of piperazine rings is 1. The molecule has 1 aliphatic heterocycles. The molecule has 0 spiro atoms. The Balaban J connectivity index is 1.82. The summed E-state index contributed by atoms with van der Waals surface area (Å²) in [7, 11) is 0. The van der Waals surface area contributed by atoms with Crippen LogP contribution in [0.15, 0.2) is 36.9 Å². The molecule has 94 valence electrons. The molecule has 18 heavy (non-hydrogen) atoms. The highest BCUT2D eigenvalue weighted by Crippen LogP contribution is 2.18. The lowest BCUT2D eigenvalue weighted by molar-refractivity contribution is 0.215. The molecule has 1 aromatic carbocycles. The lowest BCUT2D eigenvalue weighted by Crippen LogP contribution is -2.46. The minimum atomic E-state index is 0.283. The molecule has 3 rings (SSSR count). The number of rotatable bonds is 3. The number of nitrogens with zero attached hydrogens (tertiary/aromatic N) is 2. The summed E-state index contributed by atoms with van der Waals surface area (Å²) in [6.45, 7) is 7.79. The molecule has 0 amide bonds. The summed E-state index contributed by atoms with van der Waals surface area (Å²) >= 11 is 0. The maximum absolute atomic E-state index is 4.66. The van der Waals surface area contributed by atoms with Crippen LogP contribution in [0.3, 0.4) is 0 Å². The number of imidazole rings is 1. The lowest BCUT2D eigenvalue weighted by Gasteiger charge is -2.31. The Bertz CT molecular complexity index is 512. The van der Waals surface area contributed by atoms with Crippen LogP contribution < -0.4 is 5.32 Å².